The summed E-state index contributed by atoms with van der Waals surface area (Å²) in [5.41, 5.74) is 0. The molecule has 0 aliphatic heterocycles. The van der Waals surface area contributed by atoms with Crippen LogP contribution in [0, 0.1) is 11.8 Å². The van der Waals surface area contributed by atoms with Crippen molar-refractivity contribution in [1.82, 2.24) is 5.32 Å². The average molecular weight is 155 g/mol. The van der Waals surface area contributed by atoms with Gasteiger partial charge >= 0.3 is 5.97 Å². The van der Waals surface area contributed by atoms with E-state index in [2.05, 4.69) is 17.2 Å². The van der Waals surface area contributed by atoms with E-state index in [-0.39, 0.29) is 6.54 Å². The number of carboxylic acid groups (broad SMARTS) is 1. The van der Waals surface area contributed by atoms with Crippen molar-refractivity contribution in [2.45, 2.75) is 13.3 Å². The fourth-order valence-electron chi connectivity index (χ4n) is 0.431. The standard InChI is InChI=1S/C7H9NO3/c1-2-3-4-8-6(9)5-7(10)11/h4-5H2,1H3,(H,8,9)(H,10,11). The van der Waals surface area contributed by atoms with Crippen LogP contribution in [-0.4, -0.2) is 23.5 Å². The Balaban J connectivity index is 3.51. The van der Waals surface area contributed by atoms with Crippen molar-refractivity contribution in [1.29, 1.82) is 0 Å². The van der Waals surface area contributed by atoms with Gasteiger partial charge in [-0.3, -0.25) is 9.59 Å². The Morgan fingerprint density at radius 2 is 2.18 bits per heavy atom. The molecule has 4 heteroatoms. The van der Waals surface area contributed by atoms with Crippen LogP contribution in [0.3, 0.4) is 0 Å². The lowest BCUT2D eigenvalue weighted by Crippen LogP contribution is -2.25. The van der Waals surface area contributed by atoms with Crippen LogP contribution in [0.5, 0.6) is 0 Å². The molecule has 0 bridgehead atoms. The molecule has 11 heavy (non-hydrogen) atoms. The van der Waals surface area contributed by atoms with Gasteiger partial charge in [0.2, 0.25) is 5.91 Å². The molecule has 2 N–H and O–H groups in total. The molecule has 0 radical (unpaired) electrons. The number of hydrogen-bond acceptors (Lipinski definition) is 2. The molecule has 0 spiro atoms. The fraction of sp³-hybridized carbons (Fsp3) is 0.429. The SMILES string of the molecule is CC#CCNC(=O)CC(=O)O. The van der Waals surface area contributed by atoms with Crippen LogP contribution in [0.4, 0.5) is 0 Å². The zero-order valence-corrected chi connectivity index (χ0v) is 6.18. The van der Waals surface area contributed by atoms with Gasteiger partial charge in [0.15, 0.2) is 0 Å². The summed E-state index contributed by atoms with van der Waals surface area (Å²) >= 11 is 0. The van der Waals surface area contributed by atoms with Crippen molar-refractivity contribution < 1.29 is 14.7 Å². The molecule has 0 atom stereocenters. The smallest absolute Gasteiger partial charge is 0.312 e. The van der Waals surface area contributed by atoms with Gasteiger partial charge in [0, 0.05) is 0 Å². The van der Waals surface area contributed by atoms with Crippen LogP contribution >= 0.6 is 0 Å². The zero-order valence-electron chi connectivity index (χ0n) is 6.18. The summed E-state index contributed by atoms with van der Waals surface area (Å²) in [6, 6.07) is 0. The van der Waals surface area contributed by atoms with E-state index in [0.29, 0.717) is 0 Å². The summed E-state index contributed by atoms with van der Waals surface area (Å²) in [5.74, 6) is 3.50. The van der Waals surface area contributed by atoms with Crippen LogP contribution < -0.4 is 5.32 Å². The highest BCUT2D eigenvalue weighted by Gasteiger charge is 2.04. The monoisotopic (exact) mass is 155 g/mol. The van der Waals surface area contributed by atoms with E-state index in [1.165, 1.54) is 0 Å². The number of carbonyl (C=O) groups is 2. The molecule has 0 unspecified atom stereocenters. The number of carbonyl (C=O) groups excluding carboxylic acids is 1. The maximum atomic E-state index is 10.6. The van der Waals surface area contributed by atoms with Gasteiger partial charge in [-0.1, -0.05) is 5.92 Å². The van der Waals surface area contributed by atoms with Gasteiger partial charge in [-0.15, -0.1) is 5.92 Å². The average Bonchev–Trinajstić information content (AvgIpc) is 1.86. The van der Waals surface area contributed by atoms with Crippen molar-refractivity contribution in [2.75, 3.05) is 6.54 Å². The third-order valence-corrected chi connectivity index (χ3v) is 0.863. The van der Waals surface area contributed by atoms with Gasteiger partial charge < -0.3 is 10.4 Å². The number of hydrogen-bond donors (Lipinski definition) is 2. The van der Waals surface area contributed by atoms with E-state index in [9.17, 15) is 9.59 Å². The van der Waals surface area contributed by atoms with E-state index < -0.39 is 18.3 Å². The molecule has 0 aromatic carbocycles. The summed E-state index contributed by atoms with van der Waals surface area (Å²) in [6.07, 6.45) is -0.495. The van der Waals surface area contributed by atoms with E-state index in [1.54, 1.807) is 6.92 Å². The fourth-order valence-corrected chi connectivity index (χ4v) is 0.431. The highest BCUT2D eigenvalue weighted by atomic mass is 16.4. The largest absolute Gasteiger partial charge is 0.481 e. The Labute approximate surface area is 64.6 Å². The molecule has 4 nitrogen and oxygen atoms in total. The van der Waals surface area contributed by atoms with E-state index in [4.69, 9.17) is 5.11 Å². The van der Waals surface area contributed by atoms with Crippen molar-refractivity contribution in [3.63, 3.8) is 0 Å². The second-order valence-electron chi connectivity index (χ2n) is 1.77. The van der Waals surface area contributed by atoms with Crippen molar-refractivity contribution in [2.24, 2.45) is 0 Å². The predicted molar refractivity (Wildman–Crippen MR) is 38.7 cm³/mol. The minimum atomic E-state index is -1.13. The van der Waals surface area contributed by atoms with Crippen molar-refractivity contribution in [3.8, 4) is 11.8 Å². The Bertz CT molecular complexity index is 211. The molecule has 1 amide bonds. The molecule has 0 aliphatic carbocycles. The van der Waals surface area contributed by atoms with Crippen LogP contribution in [-0.2, 0) is 9.59 Å². The minimum Gasteiger partial charge on any atom is -0.481 e. The van der Waals surface area contributed by atoms with E-state index in [0.717, 1.165) is 0 Å². The Hall–Kier alpha value is -1.50. The predicted octanol–water partition coefficient (Wildman–Crippen LogP) is -0.399. The van der Waals surface area contributed by atoms with Crippen LogP contribution in [0.25, 0.3) is 0 Å². The second-order valence-corrected chi connectivity index (χ2v) is 1.77. The third kappa shape index (κ3) is 6.38. The second kappa shape index (κ2) is 5.30. The van der Waals surface area contributed by atoms with Gasteiger partial charge in [0.1, 0.15) is 6.42 Å². The van der Waals surface area contributed by atoms with Gasteiger partial charge in [-0.2, -0.15) is 0 Å². The molecular weight excluding hydrogens is 146 g/mol. The topological polar surface area (TPSA) is 66.4 Å². The molecular formula is C7H9NO3. The van der Waals surface area contributed by atoms with Crippen LogP contribution in [0.15, 0.2) is 0 Å². The minimum absolute atomic E-state index is 0.211. The van der Waals surface area contributed by atoms with Crippen molar-refractivity contribution >= 4 is 11.9 Å². The van der Waals surface area contributed by atoms with E-state index in [1.807, 2.05) is 0 Å². The highest BCUT2D eigenvalue weighted by Crippen LogP contribution is 1.77. The number of aliphatic carboxylic acids is 1. The number of rotatable bonds is 3. The molecule has 0 aromatic rings. The number of nitrogens with one attached hydrogen (secondary N) is 1. The molecule has 0 rings (SSSR count). The van der Waals surface area contributed by atoms with Gasteiger partial charge in [0.05, 0.1) is 6.54 Å². The first-order valence-corrected chi connectivity index (χ1v) is 3.05. The first-order valence-electron chi connectivity index (χ1n) is 3.05. The Kier molecular flexibility index (Phi) is 4.58. The third-order valence-electron chi connectivity index (χ3n) is 0.863. The first kappa shape index (κ1) is 9.50. The van der Waals surface area contributed by atoms with Gasteiger partial charge in [-0.25, -0.2) is 0 Å². The Morgan fingerprint density at radius 3 is 2.64 bits per heavy atom. The first-order chi connectivity index (χ1) is 5.16. The highest BCUT2D eigenvalue weighted by molar-refractivity contribution is 5.93. The number of carboxylic acids is 1. The van der Waals surface area contributed by atoms with Crippen LogP contribution in [0.1, 0.15) is 13.3 Å². The van der Waals surface area contributed by atoms with Gasteiger partial charge in [0.25, 0.3) is 0 Å². The normalized spacial score (nSPS) is 7.73. The van der Waals surface area contributed by atoms with Crippen molar-refractivity contribution in [3.05, 3.63) is 0 Å². The molecule has 0 aliphatic rings. The molecule has 0 fully saturated rings. The molecule has 0 aromatic heterocycles. The summed E-state index contributed by atoms with van der Waals surface area (Å²) in [7, 11) is 0. The molecule has 60 valence electrons. The van der Waals surface area contributed by atoms with Crippen LogP contribution in [0.2, 0.25) is 0 Å². The quantitative estimate of drug-likeness (QED) is 0.430. The molecule has 0 saturated heterocycles. The summed E-state index contributed by atoms with van der Waals surface area (Å²) in [5, 5.41) is 10.5. The lowest BCUT2D eigenvalue weighted by atomic mass is 10.4. The maximum absolute atomic E-state index is 10.6. The lowest BCUT2D eigenvalue weighted by Gasteiger charge is -1.95. The maximum Gasteiger partial charge on any atom is 0.312 e. The summed E-state index contributed by atoms with van der Waals surface area (Å²) in [4.78, 5) is 20.5. The molecule has 0 saturated carbocycles. The van der Waals surface area contributed by atoms with Gasteiger partial charge in [-0.05, 0) is 6.92 Å². The molecule has 0 heterocycles. The number of amides is 1. The summed E-state index contributed by atoms with van der Waals surface area (Å²) in [6.45, 7) is 1.85. The summed E-state index contributed by atoms with van der Waals surface area (Å²) < 4.78 is 0. The Morgan fingerprint density at radius 1 is 1.55 bits per heavy atom. The lowest BCUT2D eigenvalue weighted by molar-refractivity contribution is -0.140. The zero-order chi connectivity index (χ0) is 8.69. The van der Waals surface area contributed by atoms with E-state index >= 15 is 0 Å².